The van der Waals surface area contributed by atoms with Crippen LogP contribution in [0.2, 0.25) is 10.0 Å². The Hall–Kier alpha value is -2.70. The van der Waals surface area contributed by atoms with Crippen molar-refractivity contribution in [2.45, 2.75) is 6.54 Å². The maximum absolute atomic E-state index is 13.0. The molecule has 0 atom stereocenters. The quantitative estimate of drug-likeness (QED) is 0.702. The first-order valence-corrected chi connectivity index (χ1v) is 8.76. The third-order valence-corrected chi connectivity index (χ3v) is 4.18. The van der Waals surface area contributed by atoms with Gasteiger partial charge in [-0.05, 0) is 48.5 Å². The molecule has 5 nitrogen and oxygen atoms in total. The smallest absolute Gasteiger partial charge is 0.266 e. The molecular formula is C19H14Cl2FN3O2. The Balaban J connectivity index is 1.69. The molecule has 0 unspecified atom stereocenters. The predicted octanol–water partition coefficient (Wildman–Crippen LogP) is 3.79. The summed E-state index contributed by atoms with van der Waals surface area (Å²) in [6.07, 6.45) is 0. The van der Waals surface area contributed by atoms with Gasteiger partial charge in [-0.2, -0.15) is 5.10 Å². The normalized spacial score (nSPS) is 10.6. The van der Waals surface area contributed by atoms with E-state index in [4.69, 9.17) is 23.2 Å². The van der Waals surface area contributed by atoms with Crippen LogP contribution in [0.5, 0.6) is 0 Å². The zero-order valence-corrected chi connectivity index (χ0v) is 15.5. The van der Waals surface area contributed by atoms with Crippen LogP contribution in [0, 0.1) is 5.82 Å². The molecule has 0 aliphatic carbocycles. The summed E-state index contributed by atoms with van der Waals surface area (Å²) in [4.78, 5) is 24.2. The Morgan fingerprint density at radius 3 is 2.37 bits per heavy atom. The van der Waals surface area contributed by atoms with Crippen molar-refractivity contribution in [2.24, 2.45) is 0 Å². The van der Waals surface area contributed by atoms with Gasteiger partial charge in [0, 0.05) is 33.8 Å². The van der Waals surface area contributed by atoms with Crippen molar-refractivity contribution in [3.63, 3.8) is 0 Å². The van der Waals surface area contributed by atoms with Crippen molar-refractivity contribution >= 4 is 29.1 Å². The third-order valence-electron chi connectivity index (χ3n) is 3.74. The molecule has 3 rings (SSSR count). The zero-order chi connectivity index (χ0) is 19.4. The predicted molar refractivity (Wildman–Crippen MR) is 103 cm³/mol. The maximum Gasteiger partial charge on any atom is 0.266 e. The minimum absolute atomic E-state index is 0.175. The van der Waals surface area contributed by atoms with E-state index in [2.05, 4.69) is 10.4 Å². The number of halogens is 3. The number of carbonyl (C=O) groups excluding carboxylic acids is 1. The Morgan fingerprint density at radius 1 is 1.04 bits per heavy atom. The lowest BCUT2D eigenvalue weighted by atomic mass is 10.1. The van der Waals surface area contributed by atoms with Crippen LogP contribution >= 0.6 is 23.2 Å². The second kappa shape index (κ2) is 8.33. The third kappa shape index (κ3) is 4.93. The van der Waals surface area contributed by atoms with Gasteiger partial charge in [0.15, 0.2) is 0 Å². The van der Waals surface area contributed by atoms with Crippen molar-refractivity contribution in [3.05, 3.63) is 86.4 Å². The first-order chi connectivity index (χ1) is 12.9. The molecule has 2 aromatic carbocycles. The van der Waals surface area contributed by atoms with E-state index in [9.17, 15) is 14.0 Å². The molecule has 0 spiro atoms. The molecular weight excluding hydrogens is 392 g/mol. The van der Waals surface area contributed by atoms with E-state index >= 15 is 0 Å². The summed E-state index contributed by atoms with van der Waals surface area (Å²) in [5.41, 5.74) is 1.24. The van der Waals surface area contributed by atoms with Crippen LogP contribution in [0.3, 0.4) is 0 Å². The average molecular weight is 406 g/mol. The summed E-state index contributed by atoms with van der Waals surface area (Å²) in [7, 11) is 0. The van der Waals surface area contributed by atoms with Gasteiger partial charge in [0.05, 0.1) is 12.2 Å². The van der Waals surface area contributed by atoms with Crippen LogP contribution in [-0.2, 0) is 6.54 Å². The van der Waals surface area contributed by atoms with Crippen molar-refractivity contribution in [1.29, 1.82) is 0 Å². The molecule has 1 N–H and O–H groups in total. The van der Waals surface area contributed by atoms with Gasteiger partial charge in [-0.1, -0.05) is 23.2 Å². The van der Waals surface area contributed by atoms with Gasteiger partial charge in [-0.3, -0.25) is 9.59 Å². The Morgan fingerprint density at radius 2 is 1.70 bits per heavy atom. The molecule has 1 heterocycles. The van der Waals surface area contributed by atoms with Crippen molar-refractivity contribution in [2.75, 3.05) is 6.54 Å². The molecule has 0 bridgehead atoms. The molecule has 3 aromatic rings. The number of nitrogens with one attached hydrogen (secondary N) is 1. The number of aromatic nitrogens is 2. The van der Waals surface area contributed by atoms with Crippen molar-refractivity contribution in [3.8, 4) is 11.3 Å². The number of hydrogen-bond donors (Lipinski definition) is 1. The highest BCUT2D eigenvalue weighted by Gasteiger charge is 2.08. The fourth-order valence-electron chi connectivity index (χ4n) is 2.45. The highest BCUT2D eigenvalue weighted by molar-refractivity contribution is 6.35. The largest absolute Gasteiger partial charge is 0.350 e. The molecule has 8 heteroatoms. The van der Waals surface area contributed by atoms with Crippen LogP contribution in [0.1, 0.15) is 10.4 Å². The Labute approximate surface area is 164 Å². The number of hydrogen-bond acceptors (Lipinski definition) is 3. The lowest BCUT2D eigenvalue weighted by Crippen LogP contribution is -2.32. The summed E-state index contributed by atoms with van der Waals surface area (Å²) in [6, 6.07) is 13.3. The van der Waals surface area contributed by atoms with Gasteiger partial charge >= 0.3 is 0 Å². The molecule has 0 saturated heterocycles. The summed E-state index contributed by atoms with van der Waals surface area (Å²) < 4.78 is 14.3. The molecule has 0 saturated carbocycles. The molecule has 27 heavy (non-hydrogen) atoms. The second-order valence-corrected chi connectivity index (χ2v) is 6.57. The fraction of sp³-hybridized carbons (Fsp3) is 0.105. The molecule has 0 fully saturated rings. The Kier molecular flexibility index (Phi) is 5.88. The summed E-state index contributed by atoms with van der Waals surface area (Å²) in [5.74, 6) is -0.710. The molecule has 1 amide bonds. The summed E-state index contributed by atoms with van der Waals surface area (Å²) >= 11 is 11.8. The first-order valence-electron chi connectivity index (χ1n) is 8.01. The first kappa shape index (κ1) is 19.1. The van der Waals surface area contributed by atoms with Gasteiger partial charge in [0.1, 0.15) is 5.82 Å². The van der Waals surface area contributed by atoms with E-state index in [1.54, 1.807) is 18.2 Å². The molecule has 0 aliphatic rings. The maximum atomic E-state index is 13.0. The lowest BCUT2D eigenvalue weighted by Gasteiger charge is -2.09. The average Bonchev–Trinajstić information content (AvgIpc) is 2.63. The van der Waals surface area contributed by atoms with Crippen molar-refractivity contribution < 1.29 is 9.18 Å². The van der Waals surface area contributed by atoms with Gasteiger partial charge in [0.2, 0.25) is 0 Å². The zero-order valence-electron chi connectivity index (χ0n) is 14.0. The minimum atomic E-state index is -0.359. The number of carbonyl (C=O) groups is 1. The lowest BCUT2D eigenvalue weighted by molar-refractivity contribution is 0.0951. The Bertz CT molecular complexity index is 1020. The number of benzene rings is 2. The SMILES string of the molecule is O=C(NCCn1nc(-c2ccc(F)cc2)ccc1=O)c1cc(Cl)cc(Cl)c1. The van der Waals surface area contributed by atoms with E-state index in [0.29, 0.717) is 26.9 Å². The van der Waals surface area contributed by atoms with Gasteiger partial charge in [0.25, 0.3) is 11.5 Å². The molecule has 0 radical (unpaired) electrons. The number of rotatable bonds is 5. The van der Waals surface area contributed by atoms with E-state index in [-0.39, 0.29) is 30.4 Å². The number of nitrogens with zero attached hydrogens (tertiary/aromatic N) is 2. The van der Waals surface area contributed by atoms with Crippen LogP contribution in [0.25, 0.3) is 11.3 Å². The van der Waals surface area contributed by atoms with E-state index in [0.717, 1.165) is 0 Å². The van der Waals surface area contributed by atoms with Crippen LogP contribution in [0.4, 0.5) is 4.39 Å². The van der Waals surface area contributed by atoms with Crippen LogP contribution < -0.4 is 10.9 Å². The molecule has 138 valence electrons. The molecule has 1 aromatic heterocycles. The van der Waals surface area contributed by atoms with E-state index < -0.39 is 0 Å². The topological polar surface area (TPSA) is 64.0 Å². The summed E-state index contributed by atoms with van der Waals surface area (Å²) in [5, 5.41) is 7.67. The van der Waals surface area contributed by atoms with Gasteiger partial charge in [-0.15, -0.1) is 0 Å². The standard InChI is InChI=1S/C19H14Cl2FN3O2/c20-14-9-13(10-15(21)11-14)19(27)23-7-8-25-18(26)6-5-17(24-25)12-1-3-16(22)4-2-12/h1-6,9-11H,7-8H2,(H,23,27). The van der Waals surface area contributed by atoms with Crippen LogP contribution in [0.15, 0.2) is 59.4 Å². The minimum Gasteiger partial charge on any atom is -0.350 e. The second-order valence-electron chi connectivity index (χ2n) is 5.70. The van der Waals surface area contributed by atoms with E-state index in [1.807, 2.05) is 0 Å². The molecule has 0 aliphatic heterocycles. The van der Waals surface area contributed by atoms with Crippen molar-refractivity contribution in [1.82, 2.24) is 15.1 Å². The van der Waals surface area contributed by atoms with Crippen LogP contribution in [-0.4, -0.2) is 22.2 Å². The summed E-state index contributed by atoms with van der Waals surface area (Å²) in [6.45, 7) is 0.358. The van der Waals surface area contributed by atoms with Gasteiger partial charge < -0.3 is 5.32 Å². The monoisotopic (exact) mass is 405 g/mol. The van der Waals surface area contributed by atoms with E-state index in [1.165, 1.54) is 41.1 Å². The number of amides is 1. The highest BCUT2D eigenvalue weighted by Crippen LogP contribution is 2.19. The fourth-order valence-corrected chi connectivity index (χ4v) is 2.97. The van der Waals surface area contributed by atoms with Gasteiger partial charge in [-0.25, -0.2) is 9.07 Å². The highest BCUT2D eigenvalue weighted by atomic mass is 35.5.